The highest BCUT2D eigenvalue weighted by atomic mass is 16.6. The van der Waals surface area contributed by atoms with E-state index in [1.807, 2.05) is 0 Å². The molecule has 1 aliphatic carbocycles. The highest BCUT2D eigenvalue weighted by Crippen LogP contribution is 2.29. The fourth-order valence-electron chi connectivity index (χ4n) is 2.61. The average molecular weight is 249 g/mol. The first-order valence-electron chi connectivity index (χ1n) is 6.36. The Hall–Kier alpha value is -1.78. The first kappa shape index (κ1) is 12.7. The zero-order chi connectivity index (χ0) is 13.1. The van der Waals surface area contributed by atoms with Crippen molar-refractivity contribution in [3.05, 3.63) is 28.3 Å². The van der Waals surface area contributed by atoms with E-state index in [9.17, 15) is 10.1 Å². The van der Waals surface area contributed by atoms with E-state index in [-0.39, 0.29) is 11.4 Å². The van der Waals surface area contributed by atoms with E-state index in [0.29, 0.717) is 6.04 Å². The van der Waals surface area contributed by atoms with E-state index >= 15 is 0 Å². The SMILES string of the molecule is CC1CCCC(Nc2ccc([N+](=O)[O-])c(N)c2)C1. The lowest BCUT2D eigenvalue weighted by Crippen LogP contribution is -2.26. The van der Waals surface area contributed by atoms with Crippen molar-refractivity contribution < 1.29 is 4.92 Å². The number of nitrogens with zero attached hydrogens (tertiary/aromatic N) is 1. The Morgan fingerprint density at radius 2 is 2.22 bits per heavy atom. The van der Waals surface area contributed by atoms with Crippen molar-refractivity contribution >= 4 is 17.1 Å². The van der Waals surface area contributed by atoms with Crippen LogP contribution in [-0.4, -0.2) is 11.0 Å². The fraction of sp³-hybridized carbons (Fsp3) is 0.538. The molecule has 5 heteroatoms. The molecule has 1 aromatic rings. The molecule has 98 valence electrons. The number of anilines is 2. The molecule has 1 saturated carbocycles. The normalized spacial score (nSPS) is 23.6. The van der Waals surface area contributed by atoms with E-state index in [4.69, 9.17) is 5.73 Å². The standard InChI is InChI=1S/C13H19N3O2/c1-9-3-2-4-10(7-9)15-11-5-6-13(16(17)18)12(14)8-11/h5-6,8-10,15H,2-4,7,14H2,1H3. The summed E-state index contributed by atoms with van der Waals surface area (Å²) in [4.78, 5) is 10.2. The van der Waals surface area contributed by atoms with Crippen molar-refractivity contribution in [2.75, 3.05) is 11.1 Å². The van der Waals surface area contributed by atoms with Gasteiger partial charge in [-0.15, -0.1) is 0 Å². The van der Waals surface area contributed by atoms with Gasteiger partial charge in [0.1, 0.15) is 5.69 Å². The van der Waals surface area contributed by atoms with Gasteiger partial charge in [-0.1, -0.05) is 19.8 Å². The Kier molecular flexibility index (Phi) is 3.69. The number of benzene rings is 1. The van der Waals surface area contributed by atoms with E-state index in [1.165, 1.54) is 18.9 Å². The number of nitrogens with one attached hydrogen (secondary N) is 1. The Labute approximate surface area is 107 Å². The van der Waals surface area contributed by atoms with Gasteiger partial charge in [0.2, 0.25) is 0 Å². The molecule has 0 radical (unpaired) electrons. The number of rotatable bonds is 3. The summed E-state index contributed by atoms with van der Waals surface area (Å²) in [5.41, 5.74) is 6.73. The Balaban J connectivity index is 2.05. The second-order valence-electron chi connectivity index (χ2n) is 5.14. The lowest BCUT2D eigenvalue weighted by Gasteiger charge is -2.28. The Morgan fingerprint density at radius 1 is 1.44 bits per heavy atom. The first-order valence-corrected chi connectivity index (χ1v) is 6.36. The zero-order valence-corrected chi connectivity index (χ0v) is 10.6. The van der Waals surface area contributed by atoms with Gasteiger partial charge < -0.3 is 11.1 Å². The van der Waals surface area contributed by atoms with Crippen LogP contribution < -0.4 is 11.1 Å². The van der Waals surface area contributed by atoms with Gasteiger partial charge in [0, 0.05) is 17.8 Å². The summed E-state index contributed by atoms with van der Waals surface area (Å²) in [6, 6.07) is 5.30. The lowest BCUT2D eigenvalue weighted by molar-refractivity contribution is -0.383. The molecule has 0 aliphatic heterocycles. The number of nitrogens with two attached hydrogens (primary N) is 1. The van der Waals surface area contributed by atoms with Gasteiger partial charge in [-0.3, -0.25) is 10.1 Å². The summed E-state index contributed by atoms with van der Waals surface area (Å²) in [5.74, 6) is 0.742. The van der Waals surface area contributed by atoms with Crippen LogP contribution in [0.4, 0.5) is 17.1 Å². The monoisotopic (exact) mass is 249 g/mol. The molecule has 18 heavy (non-hydrogen) atoms. The van der Waals surface area contributed by atoms with Crippen LogP contribution in [0.2, 0.25) is 0 Å². The molecule has 0 bridgehead atoms. The van der Waals surface area contributed by atoms with Crippen molar-refractivity contribution in [1.82, 2.24) is 0 Å². The largest absolute Gasteiger partial charge is 0.393 e. The first-order chi connectivity index (χ1) is 8.56. The molecular weight excluding hydrogens is 230 g/mol. The molecule has 1 fully saturated rings. The van der Waals surface area contributed by atoms with Gasteiger partial charge in [-0.25, -0.2) is 0 Å². The predicted octanol–water partition coefficient (Wildman–Crippen LogP) is 3.17. The number of nitro benzene ring substituents is 1. The maximum absolute atomic E-state index is 10.7. The van der Waals surface area contributed by atoms with Crippen LogP contribution in [-0.2, 0) is 0 Å². The van der Waals surface area contributed by atoms with Crippen LogP contribution in [0.3, 0.4) is 0 Å². The Bertz CT molecular complexity index is 448. The van der Waals surface area contributed by atoms with Crippen LogP contribution in [0.15, 0.2) is 18.2 Å². The van der Waals surface area contributed by atoms with E-state index in [1.54, 1.807) is 12.1 Å². The summed E-state index contributed by atoms with van der Waals surface area (Å²) < 4.78 is 0. The van der Waals surface area contributed by atoms with Gasteiger partial charge in [-0.2, -0.15) is 0 Å². The van der Waals surface area contributed by atoms with Crippen LogP contribution in [0, 0.1) is 16.0 Å². The maximum atomic E-state index is 10.7. The number of hydrogen-bond acceptors (Lipinski definition) is 4. The third-order valence-corrected chi connectivity index (χ3v) is 3.53. The molecule has 3 N–H and O–H groups in total. The van der Waals surface area contributed by atoms with Gasteiger partial charge in [0.25, 0.3) is 5.69 Å². The van der Waals surface area contributed by atoms with E-state index in [2.05, 4.69) is 12.2 Å². The molecule has 0 heterocycles. The molecule has 2 rings (SSSR count). The second-order valence-corrected chi connectivity index (χ2v) is 5.14. The van der Waals surface area contributed by atoms with Gasteiger partial charge >= 0.3 is 0 Å². The van der Waals surface area contributed by atoms with Gasteiger partial charge in [-0.05, 0) is 30.9 Å². The summed E-state index contributed by atoms with van der Waals surface area (Å²) in [6.07, 6.45) is 4.83. The smallest absolute Gasteiger partial charge is 0.292 e. The minimum absolute atomic E-state index is 0.0300. The van der Waals surface area contributed by atoms with Crippen molar-refractivity contribution in [2.45, 2.75) is 38.6 Å². The highest BCUT2D eigenvalue weighted by molar-refractivity contribution is 5.66. The van der Waals surface area contributed by atoms with Crippen molar-refractivity contribution in [1.29, 1.82) is 0 Å². The van der Waals surface area contributed by atoms with Gasteiger partial charge in [0.15, 0.2) is 0 Å². The van der Waals surface area contributed by atoms with E-state index in [0.717, 1.165) is 24.4 Å². The molecule has 2 unspecified atom stereocenters. The number of nitrogen functional groups attached to an aromatic ring is 1. The summed E-state index contributed by atoms with van der Waals surface area (Å²) in [7, 11) is 0. The average Bonchev–Trinajstić information content (AvgIpc) is 2.28. The van der Waals surface area contributed by atoms with Crippen molar-refractivity contribution in [3.8, 4) is 0 Å². The van der Waals surface area contributed by atoms with Crippen LogP contribution in [0.25, 0.3) is 0 Å². The number of nitro groups is 1. The van der Waals surface area contributed by atoms with E-state index < -0.39 is 4.92 Å². The van der Waals surface area contributed by atoms with Crippen LogP contribution in [0.5, 0.6) is 0 Å². The third kappa shape index (κ3) is 2.91. The van der Waals surface area contributed by atoms with Crippen LogP contribution >= 0.6 is 0 Å². The number of hydrogen-bond donors (Lipinski definition) is 2. The zero-order valence-electron chi connectivity index (χ0n) is 10.6. The Morgan fingerprint density at radius 3 is 2.83 bits per heavy atom. The third-order valence-electron chi connectivity index (χ3n) is 3.53. The maximum Gasteiger partial charge on any atom is 0.292 e. The lowest BCUT2D eigenvalue weighted by atomic mass is 9.87. The molecule has 1 aromatic carbocycles. The van der Waals surface area contributed by atoms with Gasteiger partial charge in [0.05, 0.1) is 4.92 Å². The van der Waals surface area contributed by atoms with Crippen molar-refractivity contribution in [3.63, 3.8) is 0 Å². The molecule has 0 amide bonds. The second kappa shape index (κ2) is 5.25. The molecule has 0 aromatic heterocycles. The molecule has 2 atom stereocenters. The molecule has 0 spiro atoms. The molecule has 1 aliphatic rings. The minimum atomic E-state index is -0.457. The summed E-state index contributed by atoms with van der Waals surface area (Å²) >= 11 is 0. The topological polar surface area (TPSA) is 81.2 Å². The van der Waals surface area contributed by atoms with Crippen molar-refractivity contribution in [2.24, 2.45) is 5.92 Å². The summed E-state index contributed by atoms with van der Waals surface area (Å²) in [5, 5.41) is 14.1. The molecule has 5 nitrogen and oxygen atoms in total. The van der Waals surface area contributed by atoms with Crippen LogP contribution in [0.1, 0.15) is 32.6 Å². The quantitative estimate of drug-likeness (QED) is 0.489. The molecule has 0 saturated heterocycles. The summed E-state index contributed by atoms with van der Waals surface area (Å²) in [6.45, 7) is 2.26. The highest BCUT2D eigenvalue weighted by Gasteiger charge is 2.19. The minimum Gasteiger partial charge on any atom is -0.393 e. The fourth-order valence-corrected chi connectivity index (χ4v) is 2.61. The predicted molar refractivity (Wildman–Crippen MR) is 72.6 cm³/mol. The molecular formula is C13H19N3O2.